The third-order valence-electron chi connectivity index (χ3n) is 5.78. The molecule has 4 aliphatic heterocycles. The lowest BCUT2D eigenvalue weighted by atomic mass is 9.89. The molecule has 2 nitrogen and oxygen atoms in total. The maximum atomic E-state index is 2.63. The summed E-state index contributed by atoms with van der Waals surface area (Å²) in [7, 11) is 0. The quantitative estimate of drug-likeness (QED) is 0.776. The standard InChI is InChI=1S/C21H24N2/c1-2-9-22-12-8-17(20(22)7-1)13-16-14-18-5-3-10-23-11-4-6-19(15-16)21(18)23/h1-2,7,9,13-15,20H,3-6,8,10-12H2/b17-13+. The van der Waals surface area contributed by atoms with Gasteiger partial charge in [-0.05, 0) is 78.8 Å². The van der Waals surface area contributed by atoms with Crippen LogP contribution in [-0.2, 0) is 12.8 Å². The molecule has 0 N–H and O–H groups in total. The van der Waals surface area contributed by atoms with Crippen LogP contribution < -0.4 is 4.90 Å². The molecule has 0 radical (unpaired) electrons. The van der Waals surface area contributed by atoms with Gasteiger partial charge in [0.25, 0.3) is 0 Å². The van der Waals surface area contributed by atoms with Crippen LogP contribution in [0.5, 0.6) is 0 Å². The second-order valence-corrected chi connectivity index (χ2v) is 7.26. The van der Waals surface area contributed by atoms with Crippen molar-refractivity contribution in [1.29, 1.82) is 0 Å². The van der Waals surface area contributed by atoms with Crippen LogP contribution in [0.1, 0.15) is 36.0 Å². The van der Waals surface area contributed by atoms with E-state index in [2.05, 4.69) is 52.4 Å². The van der Waals surface area contributed by atoms with Gasteiger partial charge in [0, 0.05) is 25.3 Å². The van der Waals surface area contributed by atoms with E-state index in [-0.39, 0.29) is 0 Å². The molecule has 4 aliphatic rings. The van der Waals surface area contributed by atoms with Crippen molar-refractivity contribution < 1.29 is 0 Å². The summed E-state index contributed by atoms with van der Waals surface area (Å²) in [6, 6.07) is 5.42. The third-order valence-corrected chi connectivity index (χ3v) is 5.78. The lowest BCUT2D eigenvalue weighted by Gasteiger charge is -2.37. The van der Waals surface area contributed by atoms with Crippen molar-refractivity contribution in [3.05, 3.63) is 58.8 Å². The fourth-order valence-corrected chi connectivity index (χ4v) is 4.77. The summed E-state index contributed by atoms with van der Waals surface area (Å²) in [6.45, 7) is 3.67. The average molecular weight is 304 g/mol. The van der Waals surface area contributed by atoms with Crippen LogP contribution in [0, 0.1) is 0 Å². The Morgan fingerprint density at radius 3 is 2.48 bits per heavy atom. The molecular weight excluding hydrogens is 280 g/mol. The van der Waals surface area contributed by atoms with E-state index in [4.69, 9.17) is 0 Å². The summed E-state index contributed by atoms with van der Waals surface area (Å²) < 4.78 is 0. The van der Waals surface area contributed by atoms with Gasteiger partial charge in [0.05, 0.1) is 6.04 Å². The van der Waals surface area contributed by atoms with Crippen LogP contribution in [0.3, 0.4) is 0 Å². The Hall–Kier alpha value is -1.96. The lowest BCUT2D eigenvalue weighted by Crippen LogP contribution is -2.34. The molecule has 0 spiro atoms. The SMILES string of the molecule is C1=CC2/C(=C/c3cc4c5c(c3)CCCN5CCC4)CCN2C=C1. The Morgan fingerprint density at radius 1 is 0.913 bits per heavy atom. The van der Waals surface area contributed by atoms with E-state index in [1.807, 2.05) is 0 Å². The van der Waals surface area contributed by atoms with Gasteiger partial charge in [0.2, 0.25) is 0 Å². The summed E-state index contributed by atoms with van der Waals surface area (Å²) in [5, 5.41) is 0. The zero-order valence-corrected chi connectivity index (χ0v) is 13.7. The van der Waals surface area contributed by atoms with Gasteiger partial charge in [0.1, 0.15) is 0 Å². The molecule has 4 heterocycles. The highest BCUT2D eigenvalue weighted by Crippen LogP contribution is 2.37. The summed E-state index contributed by atoms with van der Waals surface area (Å²) in [5.41, 5.74) is 7.77. The van der Waals surface area contributed by atoms with Gasteiger partial charge < -0.3 is 9.80 Å². The van der Waals surface area contributed by atoms with Crippen molar-refractivity contribution in [2.75, 3.05) is 24.5 Å². The Bertz CT molecular complexity index is 694. The molecule has 0 saturated carbocycles. The molecule has 1 fully saturated rings. The number of fused-ring (bicyclic) bond motifs is 1. The van der Waals surface area contributed by atoms with E-state index in [0.29, 0.717) is 6.04 Å². The number of hydrogen-bond acceptors (Lipinski definition) is 2. The first-order valence-electron chi connectivity index (χ1n) is 9.10. The van der Waals surface area contributed by atoms with E-state index >= 15 is 0 Å². The molecule has 0 amide bonds. The van der Waals surface area contributed by atoms with Crippen LogP contribution >= 0.6 is 0 Å². The molecule has 1 aromatic carbocycles. The van der Waals surface area contributed by atoms with Gasteiger partial charge in [0.15, 0.2) is 0 Å². The molecule has 1 unspecified atom stereocenters. The van der Waals surface area contributed by atoms with Crippen LogP contribution in [0.25, 0.3) is 6.08 Å². The Kier molecular flexibility index (Phi) is 3.10. The van der Waals surface area contributed by atoms with E-state index in [9.17, 15) is 0 Å². The van der Waals surface area contributed by atoms with Gasteiger partial charge in [-0.25, -0.2) is 0 Å². The first-order chi connectivity index (χ1) is 11.4. The zero-order valence-electron chi connectivity index (χ0n) is 13.7. The van der Waals surface area contributed by atoms with Crippen molar-refractivity contribution in [2.45, 2.75) is 38.1 Å². The van der Waals surface area contributed by atoms with Crippen molar-refractivity contribution in [3.8, 4) is 0 Å². The maximum Gasteiger partial charge on any atom is 0.0688 e. The van der Waals surface area contributed by atoms with Crippen molar-refractivity contribution in [2.24, 2.45) is 0 Å². The van der Waals surface area contributed by atoms with Crippen LogP contribution in [0.4, 0.5) is 5.69 Å². The minimum atomic E-state index is 0.490. The number of benzene rings is 1. The van der Waals surface area contributed by atoms with Gasteiger partial charge in [-0.1, -0.05) is 18.2 Å². The zero-order chi connectivity index (χ0) is 15.2. The van der Waals surface area contributed by atoms with E-state index in [1.165, 1.54) is 50.8 Å². The molecule has 1 atom stereocenters. The van der Waals surface area contributed by atoms with Crippen molar-refractivity contribution in [3.63, 3.8) is 0 Å². The summed E-state index contributed by atoms with van der Waals surface area (Å²) in [6.07, 6.45) is 17.7. The Morgan fingerprint density at radius 2 is 1.70 bits per heavy atom. The molecule has 2 heteroatoms. The van der Waals surface area contributed by atoms with Crippen LogP contribution in [-0.4, -0.2) is 30.6 Å². The first kappa shape index (κ1) is 13.5. The molecule has 1 saturated heterocycles. The summed E-state index contributed by atoms with van der Waals surface area (Å²) in [5.74, 6) is 0. The molecule has 5 rings (SSSR count). The first-order valence-corrected chi connectivity index (χ1v) is 9.10. The predicted octanol–water partition coefficient (Wildman–Crippen LogP) is 3.93. The smallest absolute Gasteiger partial charge is 0.0688 e. The monoisotopic (exact) mass is 304 g/mol. The fraction of sp³-hybridized carbons (Fsp3) is 0.429. The van der Waals surface area contributed by atoms with Crippen LogP contribution in [0.15, 0.2) is 42.1 Å². The largest absolute Gasteiger partial charge is 0.371 e. The van der Waals surface area contributed by atoms with E-state index in [1.54, 1.807) is 22.4 Å². The highest BCUT2D eigenvalue weighted by atomic mass is 15.2. The minimum absolute atomic E-state index is 0.490. The molecule has 118 valence electrons. The second-order valence-electron chi connectivity index (χ2n) is 7.26. The molecular formula is C21H24N2. The van der Waals surface area contributed by atoms with Gasteiger partial charge in [-0.2, -0.15) is 0 Å². The van der Waals surface area contributed by atoms with Gasteiger partial charge >= 0.3 is 0 Å². The molecule has 0 bridgehead atoms. The van der Waals surface area contributed by atoms with Gasteiger partial charge in [-0.15, -0.1) is 0 Å². The van der Waals surface area contributed by atoms with Crippen LogP contribution in [0.2, 0.25) is 0 Å². The number of rotatable bonds is 1. The Balaban J connectivity index is 1.53. The van der Waals surface area contributed by atoms with Crippen molar-refractivity contribution >= 4 is 11.8 Å². The van der Waals surface area contributed by atoms with Gasteiger partial charge in [-0.3, -0.25) is 0 Å². The summed E-state index contributed by atoms with van der Waals surface area (Å²) in [4.78, 5) is 5.08. The molecule has 23 heavy (non-hydrogen) atoms. The number of nitrogens with zero attached hydrogens (tertiary/aromatic N) is 2. The summed E-state index contributed by atoms with van der Waals surface area (Å²) >= 11 is 0. The number of allylic oxidation sites excluding steroid dienone is 2. The number of anilines is 1. The van der Waals surface area contributed by atoms with Crippen molar-refractivity contribution in [1.82, 2.24) is 4.90 Å². The second kappa shape index (κ2) is 5.30. The number of aryl methyl sites for hydroxylation is 2. The lowest BCUT2D eigenvalue weighted by molar-refractivity contribution is 0.413. The fourth-order valence-electron chi connectivity index (χ4n) is 4.77. The van der Waals surface area contributed by atoms with E-state index < -0.39 is 0 Å². The van der Waals surface area contributed by atoms with E-state index in [0.717, 1.165) is 6.54 Å². The normalized spacial score (nSPS) is 26.6. The molecule has 0 aromatic heterocycles. The molecule has 0 aliphatic carbocycles. The highest BCUT2D eigenvalue weighted by molar-refractivity contribution is 5.69. The highest BCUT2D eigenvalue weighted by Gasteiger charge is 2.27. The molecule has 1 aromatic rings. The average Bonchev–Trinajstić information content (AvgIpc) is 2.99. The topological polar surface area (TPSA) is 6.48 Å². The number of hydrogen-bond donors (Lipinski definition) is 0. The predicted molar refractivity (Wildman–Crippen MR) is 96.7 cm³/mol. The minimum Gasteiger partial charge on any atom is -0.371 e. The third kappa shape index (κ3) is 2.23. The Labute approximate surface area is 138 Å². The maximum absolute atomic E-state index is 2.63.